The van der Waals surface area contributed by atoms with Gasteiger partial charge in [-0.2, -0.15) is 0 Å². The molecular weight excluding hydrogens is 230 g/mol. The molecule has 5 nitrogen and oxygen atoms in total. The van der Waals surface area contributed by atoms with E-state index in [1.54, 1.807) is 7.05 Å². The normalized spacial score (nSPS) is 11.8. The second-order valence-electron chi connectivity index (χ2n) is 4.07. The molecule has 0 saturated heterocycles. The molecule has 1 rings (SSSR count). The summed E-state index contributed by atoms with van der Waals surface area (Å²) in [7, 11) is 1.77. The SMILES string of the molecule is CNCCC(=O)NC(Cc1ccccc1)C(N)=O. The first kappa shape index (κ1) is 14.2. The van der Waals surface area contributed by atoms with Crippen molar-refractivity contribution < 1.29 is 9.59 Å². The summed E-state index contributed by atoms with van der Waals surface area (Å²) < 4.78 is 0. The molecule has 2 amide bonds. The van der Waals surface area contributed by atoms with Crippen LogP contribution >= 0.6 is 0 Å². The molecular formula is C13H19N3O2. The fraction of sp³-hybridized carbons (Fsp3) is 0.385. The van der Waals surface area contributed by atoms with Crippen LogP contribution in [0, 0.1) is 0 Å². The van der Waals surface area contributed by atoms with Crippen molar-refractivity contribution in [2.24, 2.45) is 5.73 Å². The summed E-state index contributed by atoms with van der Waals surface area (Å²) in [6.45, 7) is 0.572. The van der Waals surface area contributed by atoms with Crippen molar-refractivity contribution in [1.29, 1.82) is 0 Å². The van der Waals surface area contributed by atoms with Crippen LogP contribution in [0.4, 0.5) is 0 Å². The molecule has 1 aromatic carbocycles. The lowest BCUT2D eigenvalue weighted by Crippen LogP contribution is -2.46. The highest BCUT2D eigenvalue weighted by Gasteiger charge is 2.17. The first-order valence-electron chi connectivity index (χ1n) is 5.90. The number of hydrogen-bond acceptors (Lipinski definition) is 3. The van der Waals surface area contributed by atoms with Gasteiger partial charge in [0.15, 0.2) is 0 Å². The molecule has 0 aliphatic rings. The zero-order chi connectivity index (χ0) is 13.4. The fourth-order valence-electron chi connectivity index (χ4n) is 1.58. The Bertz CT molecular complexity index is 392. The minimum absolute atomic E-state index is 0.177. The molecule has 98 valence electrons. The van der Waals surface area contributed by atoms with E-state index in [1.165, 1.54) is 0 Å². The third-order valence-electron chi connectivity index (χ3n) is 2.56. The molecule has 5 heteroatoms. The van der Waals surface area contributed by atoms with Gasteiger partial charge in [0, 0.05) is 19.4 Å². The van der Waals surface area contributed by atoms with Crippen molar-refractivity contribution in [3.63, 3.8) is 0 Å². The Balaban J connectivity index is 2.55. The molecule has 0 aliphatic heterocycles. The second-order valence-corrected chi connectivity index (χ2v) is 4.07. The van der Waals surface area contributed by atoms with Crippen LogP contribution in [0.25, 0.3) is 0 Å². The van der Waals surface area contributed by atoms with Gasteiger partial charge in [-0.1, -0.05) is 30.3 Å². The number of carbonyl (C=O) groups is 2. The Labute approximate surface area is 107 Å². The highest BCUT2D eigenvalue weighted by molar-refractivity contribution is 5.86. The van der Waals surface area contributed by atoms with Crippen LogP contribution in [0.15, 0.2) is 30.3 Å². The monoisotopic (exact) mass is 249 g/mol. The lowest BCUT2D eigenvalue weighted by Gasteiger charge is -2.15. The number of primary amides is 1. The first-order valence-corrected chi connectivity index (χ1v) is 5.90. The Hall–Kier alpha value is -1.88. The first-order chi connectivity index (χ1) is 8.63. The van der Waals surface area contributed by atoms with Crippen molar-refractivity contribution in [2.75, 3.05) is 13.6 Å². The van der Waals surface area contributed by atoms with Crippen LogP contribution in [-0.4, -0.2) is 31.4 Å². The van der Waals surface area contributed by atoms with E-state index in [9.17, 15) is 9.59 Å². The van der Waals surface area contributed by atoms with Crippen LogP contribution in [-0.2, 0) is 16.0 Å². The summed E-state index contributed by atoms with van der Waals surface area (Å²) >= 11 is 0. The van der Waals surface area contributed by atoms with E-state index in [4.69, 9.17) is 5.73 Å². The maximum absolute atomic E-state index is 11.5. The summed E-state index contributed by atoms with van der Waals surface area (Å²) in [6, 6.07) is 8.81. The number of nitrogens with two attached hydrogens (primary N) is 1. The molecule has 1 atom stereocenters. The molecule has 0 aliphatic carbocycles. The van der Waals surface area contributed by atoms with Gasteiger partial charge in [0.2, 0.25) is 11.8 Å². The van der Waals surface area contributed by atoms with E-state index in [2.05, 4.69) is 10.6 Å². The zero-order valence-corrected chi connectivity index (χ0v) is 10.5. The standard InChI is InChI=1S/C13H19N3O2/c1-15-8-7-12(17)16-11(13(14)18)9-10-5-3-2-4-6-10/h2-6,11,15H,7-9H2,1H3,(H2,14,18)(H,16,17). The quantitative estimate of drug-likeness (QED) is 0.626. The molecule has 18 heavy (non-hydrogen) atoms. The Kier molecular flexibility index (Phi) is 5.87. The molecule has 0 aromatic heterocycles. The molecule has 0 saturated carbocycles. The third-order valence-corrected chi connectivity index (χ3v) is 2.56. The summed E-state index contributed by atoms with van der Waals surface area (Å²) in [5.41, 5.74) is 6.26. The molecule has 0 fully saturated rings. The number of hydrogen-bond donors (Lipinski definition) is 3. The highest BCUT2D eigenvalue weighted by atomic mass is 16.2. The number of amides is 2. The number of rotatable bonds is 7. The third kappa shape index (κ3) is 4.97. The molecule has 1 unspecified atom stereocenters. The highest BCUT2D eigenvalue weighted by Crippen LogP contribution is 2.03. The van der Waals surface area contributed by atoms with E-state index < -0.39 is 11.9 Å². The van der Waals surface area contributed by atoms with Crippen molar-refractivity contribution in [1.82, 2.24) is 10.6 Å². The van der Waals surface area contributed by atoms with Gasteiger partial charge < -0.3 is 16.4 Å². The van der Waals surface area contributed by atoms with Crippen LogP contribution in [0.1, 0.15) is 12.0 Å². The molecule has 4 N–H and O–H groups in total. The lowest BCUT2D eigenvalue weighted by atomic mass is 10.1. The van der Waals surface area contributed by atoms with Crippen molar-refractivity contribution in [3.8, 4) is 0 Å². The molecule has 0 bridgehead atoms. The summed E-state index contributed by atoms with van der Waals surface area (Å²) in [6.07, 6.45) is 0.747. The summed E-state index contributed by atoms with van der Waals surface area (Å²) in [4.78, 5) is 22.9. The second kappa shape index (κ2) is 7.45. The number of nitrogens with one attached hydrogen (secondary N) is 2. The van der Waals surface area contributed by atoms with Gasteiger partial charge in [0.1, 0.15) is 6.04 Å². The largest absolute Gasteiger partial charge is 0.368 e. The van der Waals surface area contributed by atoms with E-state index >= 15 is 0 Å². The van der Waals surface area contributed by atoms with Gasteiger partial charge in [-0.25, -0.2) is 0 Å². The van der Waals surface area contributed by atoms with Crippen LogP contribution < -0.4 is 16.4 Å². The summed E-state index contributed by atoms with van der Waals surface area (Å²) in [5.74, 6) is -0.694. The van der Waals surface area contributed by atoms with Crippen LogP contribution in [0.3, 0.4) is 0 Å². The van der Waals surface area contributed by atoms with E-state index in [0.717, 1.165) is 5.56 Å². The van der Waals surface area contributed by atoms with Gasteiger partial charge in [-0.3, -0.25) is 9.59 Å². The minimum Gasteiger partial charge on any atom is -0.368 e. The van der Waals surface area contributed by atoms with Crippen LogP contribution in [0.2, 0.25) is 0 Å². The molecule has 1 aromatic rings. The molecule has 0 radical (unpaired) electrons. The van der Waals surface area contributed by atoms with Crippen molar-refractivity contribution >= 4 is 11.8 Å². The number of carbonyl (C=O) groups excluding carboxylic acids is 2. The van der Waals surface area contributed by atoms with Gasteiger partial charge in [-0.15, -0.1) is 0 Å². The summed E-state index contributed by atoms with van der Waals surface area (Å²) in [5, 5.41) is 5.52. The van der Waals surface area contributed by atoms with Crippen molar-refractivity contribution in [3.05, 3.63) is 35.9 Å². The molecule has 0 spiro atoms. The average molecular weight is 249 g/mol. The molecule has 0 heterocycles. The van der Waals surface area contributed by atoms with Gasteiger partial charge >= 0.3 is 0 Å². The van der Waals surface area contributed by atoms with Gasteiger partial charge in [0.25, 0.3) is 0 Å². The van der Waals surface area contributed by atoms with E-state index in [1.807, 2.05) is 30.3 Å². The number of benzene rings is 1. The smallest absolute Gasteiger partial charge is 0.240 e. The van der Waals surface area contributed by atoms with Crippen molar-refractivity contribution in [2.45, 2.75) is 18.9 Å². The average Bonchev–Trinajstić information content (AvgIpc) is 2.36. The van der Waals surface area contributed by atoms with E-state index in [-0.39, 0.29) is 5.91 Å². The predicted octanol–water partition coefficient (Wildman–Crippen LogP) is -0.191. The Morgan fingerprint density at radius 3 is 2.50 bits per heavy atom. The zero-order valence-electron chi connectivity index (χ0n) is 10.5. The Morgan fingerprint density at radius 1 is 1.28 bits per heavy atom. The lowest BCUT2D eigenvalue weighted by molar-refractivity contribution is -0.127. The van der Waals surface area contributed by atoms with Gasteiger partial charge in [0.05, 0.1) is 0 Å². The fourth-order valence-corrected chi connectivity index (χ4v) is 1.58. The van der Waals surface area contributed by atoms with Crippen LogP contribution in [0.5, 0.6) is 0 Å². The van der Waals surface area contributed by atoms with E-state index in [0.29, 0.717) is 19.4 Å². The maximum atomic E-state index is 11.5. The minimum atomic E-state index is -0.656. The topological polar surface area (TPSA) is 84.2 Å². The van der Waals surface area contributed by atoms with Gasteiger partial charge in [-0.05, 0) is 12.6 Å². The Morgan fingerprint density at radius 2 is 1.94 bits per heavy atom. The maximum Gasteiger partial charge on any atom is 0.240 e. The predicted molar refractivity (Wildman–Crippen MR) is 69.8 cm³/mol.